The van der Waals surface area contributed by atoms with Crippen molar-refractivity contribution in [2.45, 2.75) is 64.0 Å². The van der Waals surface area contributed by atoms with Gasteiger partial charge in [-0.2, -0.15) is 0 Å². The van der Waals surface area contributed by atoms with Gasteiger partial charge in [-0.1, -0.05) is 12.1 Å². The lowest BCUT2D eigenvalue weighted by Gasteiger charge is -2.37. The number of rotatable bonds is 5. The number of alkyl carbamates (subject to hydrolysis) is 1. The van der Waals surface area contributed by atoms with Crippen molar-refractivity contribution in [3.05, 3.63) is 35.6 Å². The summed E-state index contributed by atoms with van der Waals surface area (Å²) in [5.74, 6) is 0.600. The Morgan fingerprint density at radius 2 is 2.06 bits per heavy atom. The van der Waals surface area contributed by atoms with Crippen molar-refractivity contribution in [3.63, 3.8) is 0 Å². The predicted octanol–water partition coefficient (Wildman–Crippen LogP) is 4.06. The lowest BCUT2D eigenvalue weighted by molar-refractivity contribution is 0.0507. The molecule has 1 unspecified atom stereocenters. The quantitative estimate of drug-likeness (QED) is 0.315. The molecule has 2 heterocycles. The highest BCUT2D eigenvalue weighted by Crippen LogP contribution is 2.35. The van der Waals surface area contributed by atoms with Crippen molar-refractivity contribution >= 4 is 36.0 Å². The molecule has 186 valence electrons. The van der Waals surface area contributed by atoms with Gasteiger partial charge < -0.3 is 25.0 Å². The van der Waals surface area contributed by atoms with Gasteiger partial charge in [-0.15, -0.1) is 24.0 Å². The van der Waals surface area contributed by atoms with Crippen LogP contribution in [0.2, 0.25) is 0 Å². The molecule has 1 aromatic rings. The molecule has 0 spiro atoms. The highest BCUT2D eigenvalue weighted by molar-refractivity contribution is 14.0. The second kappa shape index (κ2) is 12.2. The molecule has 9 heteroatoms. The molecule has 2 fully saturated rings. The fourth-order valence-corrected chi connectivity index (χ4v) is 4.32. The first-order chi connectivity index (χ1) is 15.2. The molecule has 1 aromatic carbocycles. The van der Waals surface area contributed by atoms with E-state index in [1.54, 1.807) is 12.1 Å². The standard InChI is InChI=1S/C24H37FN4O3.HI/c1-5-26-21(29-12-9-20(16-29)28-22(30)32-23(2,3)4)27-17-24(10-13-31-14-11-24)18-7-6-8-19(25)15-18;/h6-8,15,20H,5,9-14,16-17H2,1-4H3,(H,26,27)(H,28,30);1H. The maximum absolute atomic E-state index is 14.0. The average Bonchev–Trinajstić information content (AvgIpc) is 3.18. The van der Waals surface area contributed by atoms with Crippen molar-refractivity contribution < 1.29 is 18.7 Å². The van der Waals surface area contributed by atoms with Gasteiger partial charge in [0, 0.05) is 38.3 Å². The van der Waals surface area contributed by atoms with E-state index < -0.39 is 11.7 Å². The Kier molecular flexibility index (Phi) is 10.2. The number of ether oxygens (including phenoxy) is 2. The zero-order valence-corrected chi connectivity index (χ0v) is 22.5. The number of hydrogen-bond acceptors (Lipinski definition) is 4. The number of amides is 1. The van der Waals surface area contributed by atoms with E-state index in [-0.39, 0.29) is 41.3 Å². The minimum absolute atomic E-state index is 0. The molecule has 0 bridgehead atoms. The second-order valence-electron chi connectivity index (χ2n) is 9.65. The Morgan fingerprint density at radius 1 is 1.33 bits per heavy atom. The van der Waals surface area contributed by atoms with Crippen LogP contribution in [-0.4, -0.2) is 68.0 Å². The van der Waals surface area contributed by atoms with Gasteiger partial charge >= 0.3 is 6.09 Å². The zero-order chi connectivity index (χ0) is 23.2. The smallest absolute Gasteiger partial charge is 0.407 e. The van der Waals surface area contributed by atoms with Gasteiger partial charge in [-0.25, -0.2) is 9.18 Å². The van der Waals surface area contributed by atoms with E-state index in [1.807, 2.05) is 33.8 Å². The molecule has 3 rings (SSSR count). The van der Waals surface area contributed by atoms with Gasteiger partial charge in [0.2, 0.25) is 0 Å². The van der Waals surface area contributed by atoms with Crippen LogP contribution in [0.1, 0.15) is 52.5 Å². The molecule has 0 radical (unpaired) electrons. The number of likely N-dealkylation sites (tertiary alicyclic amines) is 1. The van der Waals surface area contributed by atoms with Crippen LogP contribution >= 0.6 is 24.0 Å². The van der Waals surface area contributed by atoms with Crippen molar-refractivity contribution in [2.75, 3.05) is 39.4 Å². The topological polar surface area (TPSA) is 75.2 Å². The first-order valence-electron chi connectivity index (χ1n) is 11.6. The fourth-order valence-electron chi connectivity index (χ4n) is 4.32. The van der Waals surface area contributed by atoms with Gasteiger partial charge in [0.25, 0.3) is 0 Å². The van der Waals surface area contributed by atoms with Crippen LogP contribution in [0, 0.1) is 5.82 Å². The van der Waals surface area contributed by atoms with Crippen LogP contribution in [0.25, 0.3) is 0 Å². The van der Waals surface area contributed by atoms with E-state index >= 15 is 0 Å². The molecule has 2 aliphatic rings. The molecule has 7 nitrogen and oxygen atoms in total. The molecule has 0 saturated carbocycles. The molecular formula is C24H38FIN4O3. The molecule has 1 amide bonds. The van der Waals surface area contributed by atoms with Crippen molar-refractivity contribution in [3.8, 4) is 0 Å². The van der Waals surface area contributed by atoms with Crippen LogP contribution in [0.5, 0.6) is 0 Å². The van der Waals surface area contributed by atoms with Crippen LogP contribution in [0.3, 0.4) is 0 Å². The van der Waals surface area contributed by atoms with Crippen LogP contribution in [0.15, 0.2) is 29.3 Å². The number of carbonyl (C=O) groups is 1. The first-order valence-corrected chi connectivity index (χ1v) is 11.6. The van der Waals surface area contributed by atoms with Gasteiger partial charge in [0.05, 0.1) is 12.6 Å². The van der Waals surface area contributed by atoms with Crippen molar-refractivity contribution in [2.24, 2.45) is 4.99 Å². The summed E-state index contributed by atoms with van der Waals surface area (Å²) in [6.07, 6.45) is 2.05. The summed E-state index contributed by atoms with van der Waals surface area (Å²) in [7, 11) is 0. The van der Waals surface area contributed by atoms with Gasteiger partial charge in [-0.3, -0.25) is 4.99 Å². The van der Waals surface area contributed by atoms with E-state index in [0.29, 0.717) is 26.3 Å². The molecule has 33 heavy (non-hydrogen) atoms. The van der Waals surface area contributed by atoms with Gasteiger partial charge in [-0.05, 0) is 64.7 Å². The lowest BCUT2D eigenvalue weighted by atomic mass is 9.74. The number of guanidine groups is 1. The van der Waals surface area contributed by atoms with Crippen LogP contribution in [0.4, 0.5) is 9.18 Å². The third-order valence-corrected chi connectivity index (χ3v) is 5.96. The van der Waals surface area contributed by atoms with Crippen molar-refractivity contribution in [1.29, 1.82) is 0 Å². The Bertz CT molecular complexity index is 809. The third kappa shape index (κ3) is 7.98. The third-order valence-electron chi connectivity index (χ3n) is 5.96. The number of hydrogen-bond donors (Lipinski definition) is 2. The Morgan fingerprint density at radius 3 is 2.70 bits per heavy atom. The number of aliphatic imine (C=N–C) groups is 1. The summed E-state index contributed by atoms with van der Waals surface area (Å²) >= 11 is 0. The van der Waals surface area contributed by atoms with E-state index in [4.69, 9.17) is 14.5 Å². The highest BCUT2D eigenvalue weighted by atomic mass is 127. The zero-order valence-electron chi connectivity index (χ0n) is 20.2. The largest absolute Gasteiger partial charge is 0.444 e. The maximum atomic E-state index is 14.0. The number of halogens is 2. The minimum atomic E-state index is -0.520. The Labute approximate surface area is 213 Å². The molecule has 1 atom stereocenters. The first kappa shape index (κ1) is 27.6. The number of nitrogens with zero attached hydrogens (tertiary/aromatic N) is 2. The molecule has 0 aromatic heterocycles. The summed E-state index contributed by atoms with van der Waals surface area (Å²) in [6.45, 7) is 11.7. The molecule has 2 N–H and O–H groups in total. The van der Waals surface area contributed by atoms with Gasteiger partial charge in [0.1, 0.15) is 11.4 Å². The maximum Gasteiger partial charge on any atom is 0.407 e. The number of benzene rings is 1. The van der Waals surface area contributed by atoms with Gasteiger partial charge in [0.15, 0.2) is 5.96 Å². The van der Waals surface area contributed by atoms with E-state index in [2.05, 4.69) is 15.5 Å². The Hall–Kier alpha value is -1.62. The summed E-state index contributed by atoms with van der Waals surface area (Å²) < 4.78 is 25.0. The average molecular weight is 576 g/mol. The van der Waals surface area contributed by atoms with Crippen LogP contribution < -0.4 is 10.6 Å². The number of carbonyl (C=O) groups excluding carboxylic acids is 1. The van der Waals surface area contributed by atoms with Crippen molar-refractivity contribution in [1.82, 2.24) is 15.5 Å². The normalized spacial score (nSPS) is 20.7. The molecule has 2 aliphatic heterocycles. The molecule has 0 aliphatic carbocycles. The number of nitrogens with one attached hydrogen (secondary N) is 2. The van der Waals surface area contributed by atoms with E-state index in [9.17, 15) is 9.18 Å². The SMILES string of the molecule is CCNC(=NCC1(c2cccc(F)c2)CCOCC1)N1CCC(NC(=O)OC(C)(C)C)C1.I. The van der Waals surface area contributed by atoms with E-state index in [1.165, 1.54) is 6.07 Å². The van der Waals surface area contributed by atoms with Crippen LogP contribution in [-0.2, 0) is 14.9 Å². The summed E-state index contributed by atoms with van der Waals surface area (Å²) in [6, 6.07) is 6.88. The molecule has 2 saturated heterocycles. The lowest BCUT2D eigenvalue weighted by Crippen LogP contribution is -2.45. The monoisotopic (exact) mass is 576 g/mol. The second-order valence-corrected chi connectivity index (χ2v) is 9.65. The summed E-state index contributed by atoms with van der Waals surface area (Å²) in [4.78, 5) is 19.3. The fraction of sp³-hybridized carbons (Fsp3) is 0.667. The predicted molar refractivity (Wildman–Crippen MR) is 139 cm³/mol. The summed E-state index contributed by atoms with van der Waals surface area (Å²) in [5, 5.41) is 6.35. The summed E-state index contributed by atoms with van der Waals surface area (Å²) in [5.41, 5.74) is 0.217. The Balaban J connectivity index is 0.00000385. The van der Waals surface area contributed by atoms with E-state index in [0.717, 1.165) is 43.9 Å². The highest BCUT2D eigenvalue weighted by Gasteiger charge is 2.35. The molecular weight excluding hydrogens is 538 g/mol. The minimum Gasteiger partial charge on any atom is -0.444 e.